The second kappa shape index (κ2) is 7.11. The first kappa shape index (κ1) is 17.8. The lowest BCUT2D eigenvalue weighted by Gasteiger charge is -2.25. The normalized spacial score (nSPS) is 14.8. The maximum Gasteiger partial charge on any atom is 0.413 e. The molecule has 2 aromatic rings. The van der Waals surface area contributed by atoms with Crippen LogP contribution in [-0.4, -0.2) is 37.0 Å². The zero-order chi connectivity index (χ0) is 18.0. The predicted molar refractivity (Wildman–Crippen MR) is 95.2 cm³/mol. The topological polar surface area (TPSA) is 88.6 Å². The quantitative estimate of drug-likeness (QED) is 0.880. The smallest absolute Gasteiger partial charge is 0.413 e. The van der Waals surface area contributed by atoms with Crippen molar-refractivity contribution in [3.05, 3.63) is 40.4 Å². The standard InChI is InChI=1S/C16H19N3O4S2/c1-3-23-16(20)18-15-17-13-8-9-19(10-14(13)24-15)25(21,22)12-6-4-11(2)5-7-12/h4-7H,3,8-10H2,1-2H3,(H,17,18,20). The summed E-state index contributed by atoms with van der Waals surface area (Å²) in [6, 6.07) is 6.83. The van der Waals surface area contributed by atoms with Gasteiger partial charge in [-0.2, -0.15) is 4.31 Å². The number of hydrogen-bond donors (Lipinski definition) is 1. The molecule has 1 N–H and O–H groups in total. The maximum atomic E-state index is 12.8. The van der Waals surface area contributed by atoms with Crippen LogP contribution in [0.25, 0.3) is 0 Å². The van der Waals surface area contributed by atoms with Crippen molar-refractivity contribution in [1.29, 1.82) is 0 Å². The number of aromatic nitrogens is 1. The van der Waals surface area contributed by atoms with Crippen LogP contribution in [0.15, 0.2) is 29.2 Å². The molecule has 0 aliphatic carbocycles. The number of benzene rings is 1. The van der Waals surface area contributed by atoms with E-state index in [0.717, 1.165) is 16.1 Å². The molecule has 3 rings (SSSR count). The summed E-state index contributed by atoms with van der Waals surface area (Å²) >= 11 is 1.28. The molecule has 1 aromatic heterocycles. The molecule has 0 unspecified atom stereocenters. The molecule has 0 bridgehead atoms. The number of anilines is 1. The van der Waals surface area contributed by atoms with Crippen LogP contribution in [0.2, 0.25) is 0 Å². The molecule has 0 saturated carbocycles. The van der Waals surface area contributed by atoms with Crippen molar-refractivity contribution in [2.45, 2.75) is 31.7 Å². The van der Waals surface area contributed by atoms with Gasteiger partial charge in [-0.1, -0.05) is 29.0 Å². The molecule has 2 heterocycles. The maximum absolute atomic E-state index is 12.8. The highest BCUT2D eigenvalue weighted by Crippen LogP contribution is 2.31. The Balaban J connectivity index is 1.77. The van der Waals surface area contributed by atoms with E-state index >= 15 is 0 Å². The number of nitrogens with zero attached hydrogens (tertiary/aromatic N) is 2. The van der Waals surface area contributed by atoms with Crippen molar-refractivity contribution < 1.29 is 17.9 Å². The van der Waals surface area contributed by atoms with Crippen molar-refractivity contribution in [3.63, 3.8) is 0 Å². The number of carbonyl (C=O) groups excluding carboxylic acids is 1. The van der Waals surface area contributed by atoms with Gasteiger partial charge in [-0.05, 0) is 26.0 Å². The highest BCUT2D eigenvalue weighted by atomic mass is 32.2. The fraction of sp³-hybridized carbons (Fsp3) is 0.375. The van der Waals surface area contributed by atoms with E-state index in [-0.39, 0.29) is 18.0 Å². The van der Waals surface area contributed by atoms with Gasteiger partial charge in [-0.15, -0.1) is 0 Å². The minimum Gasteiger partial charge on any atom is -0.450 e. The first-order valence-corrected chi connectivity index (χ1v) is 10.1. The third kappa shape index (κ3) is 3.83. The molecule has 7 nitrogen and oxygen atoms in total. The molecule has 0 atom stereocenters. The van der Waals surface area contributed by atoms with Gasteiger partial charge in [-0.3, -0.25) is 5.32 Å². The first-order valence-electron chi connectivity index (χ1n) is 7.89. The number of thiazole rings is 1. The molecule has 0 spiro atoms. The summed E-state index contributed by atoms with van der Waals surface area (Å²) in [4.78, 5) is 17.0. The molecule has 0 saturated heterocycles. The van der Waals surface area contributed by atoms with Crippen molar-refractivity contribution in [2.75, 3.05) is 18.5 Å². The molecule has 1 aliphatic rings. The highest BCUT2D eigenvalue weighted by Gasteiger charge is 2.30. The van der Waals surface area contributed by atoms with E-state index in [1.54, 1.807) is 31.2 Å². The molecule has 0 radical (unpaired) electrons. The molecular formula is C16H19N3O4S2. The Hall–Kier alpha value is -1.97. The zero-order valence-corrected chi connectivity index (χ0v) is 15.6. The summed E-state index contributed by atoms with van der Waals surface area (Å²) in [5.41, 5.74) is 1.84. The average molecular weight is 381 g/mol. The number of nitrogens with one attached hydrogen (secondary N) is 1. The lowest BCUT2D eigenvalue weighted by molar-refractivity contribution is 0.168. The van der Waals surface area contributed by atoms with E-state index in [0.29, 0.717) is 18.1 Å². The van der Waals surface area contributed by atoms with E-state index in [2.05, 4.69) is 10.3 Å². The Bertz CT molecular complexity index is 875. The van der Waals surface area contributed by atoms with E-state index in [1.165, 1.54) is 15.6 Å². The van der Waals surface area contributed by atoms with Gasteiger partial charge in [0.1, 0.15) is 0 Å². The zero-order valence-electron chi connectivity index (χ0n) is 14.0. The minimum absolute atomic E-state index is 0.258. The number of amides is 1. The highest BCUT2D eigenvalue weighted by molar-refractivity contribution is 7.89. The number of hydrogen-bond acceptors (Lipinski definition) is 6. The number of aryl methyl sites for hydroxylation is 1. The lowest BCUT2D eigenvalue weighted by Crippen LogP contribution is -2.35. The fourth-order valence-electron chi connectivity index (χ4n) is 2.54. The summed E-state index contributed by atoms with van der Waals surface area (Å²) in [5, 5.41) is 3.00. The Morgan fingerprint density at radius 3 is 2.76 bits per heavy atom. The monoisotopic (exact) mass is 381 g/mol. The van der Waals surface area contributed by atoms with E-state index < -0.39 is 16.1 Å². The predicted octanol–water partition coefficient (Wildman–Crippen LogP) is 2.77. The van der Waals surface area contributed by atoms with Crippen LogP contribution in [-0.2, 0) is 27.7 Å². The number of ether oxygens (including phenoxy) is 1. The number of sulfonamides is 1. The van der Waals surface area contributed by atoms with Crippen LogP contribution in [0, 0.1) is 6.92 Å². The third-order valence-corrected chi connectivity index (χ3v) is 6.70. The molecule has 1 amide bonds. The molecule has 134 valence electrons. The van der Waals surface area contributed by atoms with Crippen molar-refractivity contribution >= 4 is 32.6 Å². The molecule has 1 aliphatic heterocycles. The van der Waals surface area contributed by atoms with Gasteiger partial charge in [-0.25, -0.2) is 18.2 Å². The van der Waals surface area contributed by atoms with Gasteiger partial charge in [0.2, 0.25) is 10.0 Å². The van der Waals surface area contributed by atoms with Gasteiger partial charge >= 0.3 is 6.09 Å². The Kier molecular flexibility index (Phi) is 5.07. The SMILES string of the molecule is CCOC(=O)Nc1nc2c(s1)CN(S(=O)(=O)c1ccc(C)cc1)CC2. The van der Waals surface area contributed by atoms with Crippen LogP contribution in [0.3, 0.4) is 0 Å². The van der Waals surface area contributed by atoms with E-state index in [4.69, 9.17) is 4.74 Å². The fourth-order valence-corrected chi connectivity index (χ4v) is 5.04. The van der Waals surface area contributed by atoms with Crippen LogP contribution in [0.4, 0.5) is 9.93 Å². The Morgan fingerprint density at radius 2 is 2.08 bits per heavy atom. The van der Waals surface area contributed by atoms with Crippen LogP contribution < -0.4 is 5.32 Å². The Morgan fingerprint density at radius 1 is 1.36 bits per heavy atom. The molecule has 0 fully saturated rings. The van der Waals surface area contributed by atoms with E-state index in [1.807, 2.05) is 6.92 Å². The molecular weight excluding hydrogens is 362 g/mol. The second-order valence-corrected chi connectivity index (χ2v) is 8.66. The van der Waals surface area contributed by atoms with Gasteiger partial charge in [0.25, 0.3) is 0 Å². The summed E-state index contributed by atoms with van der Waals surface area (Å²) < 4.78 is 31.9. The van der Waals surface area contributed by atoms with E-state index in [9.17, 15) is 13.2 Å². The number of fused-ring (bicyclic) bond motifs is 1. The van der Waals surface area contributed by atoms with Crippen LogP contribution in [0.1, 0.15) is 23.1 Å². The van der Waals surface area contributed by atoms with Crippen LogP contribution >= 0.6 is 11.3 Å². The van der Waals surface area contributed by atoms with Crippen molar-refractivity contribution in [3.8, 4) is 0 Å². The summed E-state index contributed by atoms with van der Waals surface area (Å²) in [6.07, 6.45) is -0.0423. The van der Waals surface area contributed by atoms with Crippen molar-refractivity contribution in [2.24, 2.45) is 0 Å². The summed E-state index contributed by atoms with van der Waals surface area (Å²) in [6.45, 7) is 4.54. The number of rotatable bonds is 4. The molecule has 25 heavy (non-hydrogen) atoms. The van der Waals surface area contributed by atoms with Gasteiger partial charge in [0.15, 0.2) is 5.13 Å². The third-order valence-electron chi connectivity index (χ3n) is 3.84. The van der Waals surface area contributed by atoms with Crippen LogP contribution in [0.5, 0.6) is 0 Å². The summed E-state index contributed by atoms with van der Waals surface area (Å²) in [7, 11) is -3.54. The molecule has 9 heteroatoms. The van der Waals surface area contributed by atoms with Gasteiger partial charge in [0, 0.05) is 17.8 Å². The average Bonchev–Trinajstić information content (AvgIpc) is 2.96. The largest absolute Gasteiger partial charge is 0.450 e. The number of carbonyl (C=O) groups is 1. The minimum atomic E-state index is -3.54. The molecule has 1 aromatic carbocycles. The van der Waals surface area contributed by atoms with Gasteiger partial charge < -0.3 is 4.74 Å². The Labute approximate surface area is 150 Å². The van der Waals surface area contributed by atoms with Gasteiger partial charge in [0.05, 0.1) is 23.7 Å². The van der Waals surface area contributed by atoms with Crippen molar-refractivity contribution in [1.82, 2.24) is 9.29 Å². The lowest BCUT2D eigenvalue weighted by atomic mass is 10.2. The first-order chi connectivity index (χ1) is 11.9. The summed E-state index contributed by atoms with van der Waals surface area (Å²) in [5.74, 6) is 0. The second-order valence-electron chi connectivity index (χ2n) is 5.64.